The van der Waals surface area contributed by atoms with Gasteiger partial charge < -0.3 is 5.73 Å². The molecule has 1 atom stereocenters. The van der Waals surface area contributed by atoms with E-state index in [1.807, 2.05) is 24.3 Å². The number of nitrogens with zero attached hydrogens (tertiary/aromatic N) is 2. The maximum Gasteiger partial charge on any atom is 0.0890 e. The summed E-state index contributed by atoms with van der Waals surface area (Å²) in [5.41, 5.74) is 8.90. The molecule has 0 aliphatic heterocycles. The van der Waals surface area contributed by atoms with E-state index in [0.29, 0.717) is 0 Å². The average molecular weight is 269 g/mol. The van der Waals surface area contributed by atoms with E-state index in [1.54, 1.807) is 17.5 Å². The smallest absolute Gasteiger partial charge is 0.0890 e. The molecule has 1 aromatic carbocycles. The highest BCUT2D eigenvalue weighted by Gasteiger charge is 2.09. The fraction of sp³-hybridized carbons (Fsp3) is 0.200. The van der Waals surface area contributed by atoms with Gasteiger partial charge in [-0.1, -0.05) is 18.2 Å². The fourth-order valence-corrected chi connectivity index (χ4v) is 2.78. The van der Waals surface area contributed by atoms with E-state index in [0.717, 1.165) is 29.6 Å². The first-order valence-corrected chi connectivity index (χ1v) is 7.20. The van der Waals surface area contributed by atoms with Crippen LogP contribution in [0.4, 0.5) is 0 Å². The van der Waals surface area contributed by atoms with Crippen molar-refractivity contribution >= 4 is 22.4 Å². The van der Waals surface area contributed by atoms with Crippen LogP contribution < -0.4 is 5.73 Å². The summed E-state index contributed by atoms with van der Waals surface area (Å²) in [5.74, 6) is 0. The molecule has 0 radical (unpaired) electrons. The molecule has 0 amide bonds. The molecule has 0 aliphatic carbocycles. The van der Waals surface area contributed by atoms with Gasteiger partial charge in [0.1, 0.15) is 0 Å². The lowest BCUT2D eigenvalue weighted by molar-refractivity contribution is 0.637. The van der Waals surface area contributed by atoms with Crippen LogP contribution >= 0.6 is 11.3 Å². The monoisotopic (exact) mass is 269 g/mol. The van der Waals surface area contributed by atoms with Crippen LogP contribution in [0.2, 0.25) is 0 Å². The number of aromatic nitrogens is 2. The van der Waals surface area contributed by atoms with Crippen molar-refractivity contribution in [3.63, 3.8) is 0 Å². The van der Waals surface area contributed by atoms with Gasteiger partial charge in [0.25, 0.3) is 0 Å². The molecule has 0 fully saturated rings. The summed E-state index contributed by atoms with van der Waals surface area (Å²) in [6.45, 7) is 0. The number of para-hydroxylation sites is 2. The summed E-state index contributed by atoms with van der Waals surface area (Å²) in [7, 11) is 0. The Kier molecular flexibility index (Phi) is 3.53. The molecule has 0 saturated heterocycles. The SMILES string of the molecule is NC(CCc1cccs1)c1cnc2ccccc2n1. The third-order valence-corrected chi connectivity index (χ3v) is 4.07. The Morgan fingerprint density at radius 3 is 2.74 bits per heavy atom. The zero-order valence-electron chi connectivity index (χ0n) is 10.5. The Hall–Kier alpha value is -1.78. The Bertz CT molecular complexity index is 664. The predicted octanol–water partition coefficient (Wildman–Crippen LogP) is 3.32. The maximum absolute atomic E-state index is 6.20. The van der Waals surface area contributed by atoms with Crippen LogP contribution in [0.15, 0.2) is 48.0 Å². The van der Waals surface area contributed by atoms with Gasteiger partial charge in [-0.25, -0.2) is 4.98 Å². The van der Waals surface area contributed by atoms with Crippen LogP contribution in [-0.2, 0) is 6.42 Å². The molecule has 2 heterocycles. The summed E-state index contributed by atoms with van der Waals surface area (Å²) < 4.78 is 0. The fourth-order valence-electron chi connectivity index (χ4n) is 2.05. The standard InChI is InChI=1S/C15H15N3S/c16-12(8-7-11-4-3-9-19-11)15-10-17-13-5-1-2-6-14(13)18-15/h1-6,9-10,12H,7-8,16H2. The van der Waals surface area contributed by atoms with Crippen LogP contribution in [0.5, 0.6) is 0 Å². The minimum absolute atomic E-state index is 0.0563. The van der Waals surface area contributed by atoms with Crippen molar-refractivity contribution in [1.29, 1.82) is 0 Å². The van der Waals surface area contributed by atoms with E-state index in [9.17, 15) is 0 Å². The van der Waals surface area contributed by atoms with E-state index >= 15 is 0 Å². The van der Waals surface area contributed by atoms with Crippen molar-refractivity contribution < 1.29 is 0 Å². The van der Waals surface area contributed by atoms with Gasteiger partial charge in [-0.3, -0.25) is 4.98 Å². The molecule has 19 heavy (non-hydrogen) atoms. The maximum atomic E-state index is 6.20. The number of hydrogen-bond acceptors (Lipinski definition) is 4. The minimum Gasteiger partial charge on any atom is -0.323 e. The molecule has 3 rings (SSSR count). The van der Waals surface area contributed by atoms with E-state index < -0.39 is 0 Å². The lowest BCUT2D eigenvalue weighted by Crippen LogP contribution is -2.13. The predicted molar refractivity (Wildman–Crippen MR) is 79.1 cm³/mol. The van der Waals surface area contributed by atoms with Crippen LogP contribution in [-0.4, -0.2) is 9.97 Å². The molecule has 0 saturated carbocycles. The van der Waals surface area contributed by atoms with Crippen molar-refractivity contribution in [1.82, 2.24) is 9.97 Å². The largest absolute Gasteiger partial charge is 0.323 e. The van der Waals surface area contributed by atoms with E-state index in [2.05, 4.69) is 27.5 Å². The average Bonchev–Trinajstić information content (AvgIpc) is 2.97. The molecule has 96 valence electrons. The Balaban J connectivity index is 1.75. The summed E-state index contributed by atoms with van der Waals surface area (Å²) in [6, 6.07) is 12.0. The first-order valence-electron chi connectivity index (χ1n) is 6.32. The van der Waals surface area contributed by atoms with Crippen LogP contribution in [0, 0.1) is 0 Å². The molecule has 3 aromatic rings. The summed E-state index contributed by atoms with van der Waals surface area (Å²) in [4.78, 5) is 10.4. The number of hydrogen-bond donors (Lipinski definition) is 1. The highest BCUT2D eigenvalue weighted by molar-refractivity contribution is 7.09. The third kappa shape index (κ3) is 2.80. The topological polar surface area (TPSA) is 51.8 Å². The van der Waals surface area contributed by atoms with Gasteiger partial charge in [-0.2, -0.15) is 0 Å². The summed E-state index contributed by atoms with van der Waals surface area (Å²) in [5, 5.41) is 2.09. The zero-order valence-corrected chi connectivity index (χ0v) is 11.3. The third-order valence-electron chi connectivity index (χ3n) is 3.13. The molecule has 1 unspecified atom stereocenters. The first-order chi connectivity index (χ1) is 9.33. The minimum atomic E-state index is -0.0563. The Morgan fingerprint density at radius 1 is 1.11 bits per heavy atom. The second kappa shape index (κ2) is 5.47. The molecular weight excluding hydrogens is 254 g/mol. The highest BCUT2D eigenvalue weighted by Crippen LogP contribution is 2.19. The molecule has 0 bridgehead atoms. The number of fused-ring (bicyclic) bond motifs is 1. The first kappa shape index (κ1) is 12.3. The molecule has 3 nitrogen and oxygen atoms in total. The van der Waals surface area contributed by atoms with Crippen molar-refractivity contribution in [3.8, 4) is 0 Å². The zero-order chi connectivity index (χ0) is 13.1. The van der Waals surface area contributed by atoms with Crippen molar-refractivity contribution in [3.05, 3.63) is 58.5 Å². The highest BCUT2D eigenvalue weighted by atomic mass is 32.1. The number of aryl methyl sites for hydroxylation is 1. The number of rotatable bonds is 4. The number of thiophene rings is 1. The normalized spacial score (nSPS) is 12.7. The van der Waals surface area contributed by atoms with Gasteiger partial charge in [0.2, 0.25) is 0 Å². The molecule has 4 heteroatoms. The molecule has 2 aromatic heterocycles. The van der Waals surface area contributed by atoms with Crippen molar-refractivity contribution in [2.75, 3.05) is 0 Å². The van der Waals surface area contributed by atoms with Crippen molar-refractivity contribution in [2.45, 2.75) is 18.9 Å². The second-order valence-electron chi connectivity index (χ2n) is 4.51. The second-order valence-corrected chi connectivity index (χ2v) is 5.54. The molecule has 2 N–H and O–H groups in total. The Labute approximate surface area is 116 Å². The summed E-state index contributed by atoms with van der Waals surface area (Å²) in [6.07, 6.45) is 3.68. The number of benzene rings is 1. The van der Waals surface area contributed by atoms with Crippen LogP contribution in [0.25, 0.3) is 11.0 Å². The molecular formula is C15H15N3S. The van der Waals surface area contributed by atoms with E-state index in [-0.39, 0.29) is 6.04 Å². The van der Waals surface area contributed by atoms with E-state index in [4.69, 9.17) is 5.73 Å². The number of nitrogens with two attached hydrogens (primary N) is 1. The van der Waals surface area contributed by atoms with Gasteiger partial charge in [0, 0.05) is 10.9 Å². The van der Waals surface area contributed by atoms with Gasteiger partial charge in [-0.05, 0) is 36.4 Å². The Morgan fingerprint density at radius 2 is 1.95 bits per heavy atom. The summed E-state index contributed by atoms with van der Waals surface area (Å²) >= 11 is 1.77. The van der Waals surface area contributed by atoms with Crippen LogP contribution in [0.3, 0.4) is 0 Å². The van der Waals surface area contributed by atoms with E-state index in [1.165, 1.54) is 4.88 Å². The quantitative estimate of drug-likeness (QED) is 0.790. The lowest BCUT2D eigenvalue weighted by atomic mass is 10.1. The van der Waals surface area contributed by atoms with Gasteiger partial charge >= 0.3 is 0 Å². The van der Waals surface area contributed by atoms with Crippen LogP contribution in [0.1, 0.15) is 23.0 Å². The lowest BCUT2D eigenvalue weighted by Gasteiger charge is -2.10. The van der Waals surface area contributed by atoms with Gasteiger partial charge in [0.05, 0.1) is 22.9 Å². The van der Waals surface area contributed by atoms with Gasteiger partial charge in [0.15, 0.2) is 0 Å². The van der Waals surface area contributed by atoms with Crippen molar-refractivity contribution in [2.24, 2.45) is 5.73 Å². The molecule has 0 spiro atoms. The van der Waals surface area contributed by atoms with Gasteiger partial charge in [-0.15, -0.1) is 11.3 Å². The molecule has 0 aliphatic rings.